The first-order valence-corrected chi connectivity index (χ1v) is 15.9. The predicted octanol–water partition coefficient (Wildman–Crippen LogP) is 4.77. The summed E-state index contributed by atoms with van der Waals surface area (Å²) in [7, 11) is 0. The number of rotatable bonds is 16. The van der Waals surface area contributed by atoms with Gasteiger partial charge in [0.05, 0.1) is 5.60 Å². The van der Waals surface area contributed by atoms with E-state index >= 15 is 0 Å². The first-order valence-electron chi connectivity index (χ1n) is 15.2. The number of nitrogens with one attached hydrogen (secondary N) is 3. The van der Waals surface area contributed by atoms with Crippen LogP contribution >= 0.6 is 12.2 Å². The minimum absolute atomic E-state index is 0.0589. The molecule has 0 aromatic rings. The Labute approximate surface area is 244 Å². The first-order chi connectivity index (χ1) is 19.0. The van der Waals surface area contributed by atoms with Crippen molar-refractivity contribution in [2.24, 2.45) is 5.92 Å². The highest BCUT2D eigenvalue weighted by Crippen LogP contribution is 2.49. The van der Waals surface area contributed by atoms with Crippen molar-refractivity contribution < 1.29 is 28.1 Å². The molecule has 2 aliphatic carbocycles. The van der Waals surface area contributed by atoms with E-state index in [2.05, 4.69) is 29.2 Å². The normalized spacial score (nSPS) is 24.8. The van der Waals surface area contributed by atoms with Crippen molar-refractivity contribution in [1.82, 2.24) is 20.3 Å². The summed E-state index contributed by atoms with van der Waals surface area (Å²) in [5.41, 5.74) is -1.79. The highest BCUT2D eigenvalue weighted by Gasteiger charge is 2.61. The summed E-state index contributed by atoms with van der Waals surface area (Å²) in [6, 6.07) is -0.674. The van der Waals surface area contributed by atoms with Crippen molar-refractivity contribution in [2.75, 3.05) is 13.1 Å². The zero-order valence-electron chi connectivity index (χ0n) is 25.1. The van der Waals surface area contributed by atoms with Gasteiger partial charge in [0.25, 0.3) is 5.91 Å². The van der Waals surface area contributed by atoms with Crippen LogP contribution in [0.2, 0.25) is 0 Å². The summed E-state index contributed by atoms with van der Waals surface area (Å²) in [5.74, 6) is -0.843. The molecule has 4 amide bonds. The van der Waals surface area contributed by atoms with Crippen LogP contribution in [-0.4, -0.2) is 64.6 Å². The van der Waals surface area contributed by atoms with Crippen LogP contribution in [-0.2, 0) is 23.3 Å². The van der Waals surface area contributed by atoms with Crippen LogP contribution in [0.15, 0.2) is 0 Å². The minimum atomic E-state index is -0.980. The molecular formula is C29H50N4O6S. The average molecular weight is 583 g/mol. The molecule has 3 rings (SSSR count). The van der Waals surface area contributed by atoms with Crippen LogP contribution in [0, 0.1) is 5.92 Å². The van der Waals surface area contributed by atoms with E-state index in [1.807, 2.05) is 0 Å². The molecule has 0 spiro atoms. The number of ether oxygens (including phenoxy) is 1. The molecule has 0 aromatic carbocycles. The maximum atomic E-state index is 13.5. The van der Waals surface area contributed by atoms with E-state index < -0.39 is 23.3 Å². The predicted molar refractivity (Wildman–Crippen MR) is 155 cm³/mol. The third-order valence-electron chi connectivity index (χ3n) is 8.04. The first kappa shape index (κ1) is 32.5. The number of amides is 4. The zero-order valence-corrected chi connectivity index (χ0v) is 25.9. The standard InChI is InChI=1S/C29H50N4O6S/c1-6-8-9-10-11-13-21-19-29(21,25(36)32-40-39-28(15-7-2)16-17-28)31-24(35)22-14-12-18-33(22)23(34)20-30-26(37)38-27(3,4)5/h21-22H,6-20H2,1-5H3,(H,30,37)(H,31,35)(H,32,36)/t21-,22+,29-/m1/s1. The van der Waals surface area contributed by atoms with E-state index in [-0.39, 0.29) is 35.8 Å². The molecule has 0 bridgehead atoms. The molecule has 1 aliphatic heterocycles. The molecule has 3 atom stereocenters. The third kappa shape index (κ3) is 9.26. The lowest BCUT2D eigenvalue weighted by atomic mass is 10.0. The Kier molecular flexibility index (Phi) is 11.6. The molecule has 40 heavy (non-hydrogen) atoms. The van der Waals surface area contributed by atoms with E-state index in [9.17, 15) is 19.2 Å². The van der Waals surface area contributed by atoms with E-state index in [0.717, 1.165) is 57.2 Å². The minimum Gasteiger partial charge on any atom is -0.444 e. The van der Waals surface area contributed by atoms with Crippen LogP contribution in [0.25, 0.3) is 0 Å². The lowest BCUT2D eigenvalue weighted by Crippen LogP contribution is -2.55. The van der Waals surface area contributed by atoms with E-state index in [1.165, 1.54) is 24.2 Å². The third-order valence-corrected chi connectivity index (χ3v) is 8.74. The topological polar surface area (TPSA) is 126 Å². The smallest absolute Gasteiger partial charge is 0.408 e. The van der Waals surface area contributed by atoms with Gasteiger partial charge >= 0.3 is 6.09 Å². The number of hydrogen-bond donors (Lipinski definition) is 3. The van der Waals surface area contributed by atoms with Gasteiger partial charge in [-0.2, -0.15) is 0 Å². The second-order valence-corrected chi connectivity index (χ2v) is 13.2. The van der Waals surface area contributed by atoms with Gasteiger partial charge in [0, 0.05) is 6.54 Å². The Morgan fingerprint density at radius 2 is 1.75 bits per heavy atom. The summed E-state index contributed by atoms with van der Waals surface area (Å²) in [5, 5.41) is 5.54. The number of likely N-dealkylation sites (tertiary alicyclic amines) is 1. The summed E-state index contributed by atoms with van der Waals surface area (Å²) < 4.78 is 14.0. The van der Waals surface area contributed by atoms with Gasteiger partial charge in [-0.25, -0.2) is 4.79 Å². The van der Waals surface area contributed by atoms with Crippen LogP contribution in [0.4, 0.5) is 4.79 Å². The van der Waals surface area contributed by atoms with Crippen molar-refractivity contribution in [2.45, 2.75) is 141 Å². The molecule has 2 saturated carbocycles. The highest BCUT2D eigenvalue weighted by atomic mass is 32.2. The maximum Gasteiger partial charge on any atom is 0.408 e. The molecule has 3 aliphatic rings. The second-order valence-electron chi connectivity index (χ2n) is 12.7. The molecule has 0 unspecified atom stereocenters. The van der Waals surface area contributed by atoms with Gasteiger partial charge in [0.15, 0.2) is 0 Å². The lowest BCUT2D eigenvalue weighted by Gasteiger charge is -2.27. The number of carbonyl (C=O) groups excluding carboxylic acids is 4. The Bertz CT molecular complexity index is 905. The maximum absolute atomic E-state index is 13.5. The van der Waals surface area contributed by atoms with E-state index in [0.29, 0.717) is 25.8 Å². The van der Waals surface area contributed by atoms with Gasteiger partial charge in [-0.05, 0) is 71.6 Å². The molecular weight excluding hydrogens is 532 g/mol. The highest BCUT2D eigenvalue weighted by molar-refractivity contribution is 7.93. The lowest BCUT2D eigenvalue weighted by molar-refractivity contribution is -0.139. The average Bonchev–Trinajstić information content (AvgIpc) is 3.74. The monoisotopic (exact) mass is 582 g/mol. The molecule has 3 N–H and O–H groups in total. The fourth-order valence-corrected chi connectivity index (χ4v) is 6.30. The second kappa shape index (κ2) is 14.2. The molecule has 1 saturated heterocycles. The molecule has 0 aromatic heterocycles. The Balaban J connectivity index is 1.57. The molecule has 3 fully saturated rings. The molecule has 1 heterocycles. The Hall–Kier alpha value is -2.01. The summed E-state index contributed by atoms with van der Waals surface area (Å²) in [4.78, 5) is 53.3. The van der Waals surface area contributed by atoms with Crippen LogP contribution in [0.1, 0.15) is 118 Å². The van der Waals surface area contributed by atoms with Crippen molar-refractivity contribution in [1.29, 1.82) is 0 Å². The van der Waals surface area contributed by atoms with Crippen molar-refractivity contribution in [3.63, 3.8) is 0 Å². The summed E-state index contributed by atoms with van der Waals surface area (Å²) in [6.45, 7) is 9.72. The number of alkyl carbamates (subject to hydrolysis) is 1. The quantitative estimate of drug-likeness (QED) is 0.136. The SMILES string of the molecule is CCCCCCC[C@@H]1C[C@]1(NC(=O)[C@@H]1CCCN1C(=O)CNC(=O)OC(C)(C)C)C(=O)NSOC1(CCC)CC1. The molecule has 228 valence electrons. The molecule has 0 radical (unpaired) electrons. The van der Waals surface area contributed by atoms with Crippen LogP contribution in [0.3, 0.4) is 0 Å². The van der Waals surface area contributed by atoms with Crippen LogP contribution in [0.5, 0.6) is 0 Å². The van der Waals surface area contributed by atoms with E-state index in [4.69, 9.17) is 8.92 Å². The van der Waals surface area contributed by atoms with Gasteiger partial charge < -0.3 is 20.3 Å². The Morgan fingerprint density at radius 1 is 1.02 bits per heavy atom. The Morgan fingerprint density at radius 3 is 2.40 bits per heavy atom. The summed E-state index contributed by atoms with van der Waals surface area (Å²) in [6.07, 6.45) is 11.6. The van der Waals surface area contributed by atoms with Gasteiger partial charge in [0.1, 0.15) is 36.0 Å². The fraction of sp³-hybridized carbons (Fsp3) is 0.862. The summed E-state index contributed by atoms with van der Waals surface area (Å²) >= 11 is 0.985. The van der Waals surface area contributed by atoms with Gasteiger partial charge in [-0.1, -0.05) is 52.4 Å². The zero-order chi connectivity index (χ0) is 29.4. The number of hydrogen-bond acceptors (Lipinski definition) is 7. The number of unbranched alkanes of at least 4 members (excludes halogenated alkanes) is 4. The molecule has 11 heteroatoms. The van der Waals surface area contributed by atoms with Crippen molar-refractivity contribution >= 4 is 36.0 Å². The van der Waals surface area contributed by atoms with Crippen LogP contribution < -0.4 is 15.4 Å². The van der Waals surface area contributed by atoms with E-state index in [1.54, 1.807) is 20.8 Å². The number of carbonyl (C=O) groups is 4. The van der Waals surface area contributed by atoms with Crippen molar-refractivity contribution in [3.8, 4) is 0 Å². The largest absolute Gasteiger partial charge is 0.444 e. The van der Waals surface area contributed by atoms with Gasteiger partial charge in [-0.3, -0.25) is 23.3 Å². The fourth-order valence-electron chi connectivity index (χ4n) is 5.57. The molecule has 10 nitrogen and oxygen atoms in total. The van der Waals surface area contributed by atoms with Gasteiger partial charge in [0.2, 0.25) is 11.8 Å². The number of nitrogens with zero attached hydrogens (tertiary/aromatic N) is 1. The van der Waals surface area contributed by atoms with Crippen molar-refractivity contribution in [3.05, 3.63) is 0 Å². The van der Waals surface area contributed by atoms with Gasteiger partial charge in [-0.15, -0.1) is 0 Å².